The molecule has 3 nitrogen and oxygen atoms in total. The van der Waals surface area contributed by atoms with Gasteiger partial charge >= 0.3 is 0 Å². The first-order valence-electron chi connectivity index (χ1n) is 22.6. The van der Waals surface area contributed by atoms with Crippen LogP contribution in [0.15, 0.2) is 212 Å². The molecule has 0 fully saturated rings. The summed E-state index contributed by atoms with van der Waals surface area (Å²) >= 11 is 0. The van der Waals surface area contributed by atoms with Gasteiger partial charge in [-0.1, -0.05) is 159 Å². The lowest BCUT2D eigenvalue weighted by atomic mass is 9.80. The summed E-state index contributed by atoms with van der Waals surface area (Å²) in [5, 5.41) is 10.4. The maximum atomic E-state index is 5.14. The smallest absolute Gasteiger partial charge is 0.145 e. The number of fused-ring (bicyclic) bond motifs is 8. The van der Waals surface area contributed by atoms with Gasteiger partial charge in [0.25, 0.3) is 0 Å². The minimum Gasteiger partial charge on any atom is -0.309 e. The number of hydrogen-bond donors (Lipinski definition) is 0. The average molecular weight is 828 g/mol. The fourth-order valence-corrected chi connectivity index (χ4v) is 11.4. The Labute approximate surface area is 376 Å². The van der Waals surface area contributed by atoms with E-state index in [4.69, 9.17) is 4.98 Å². The number of aromatic nitrogens is 3. The Morgan fingerprint density at radius 3 is 1.77 bits per heavy atom. The molecule has 65 heavy (non-hydrogen) atoms. The molecule has 0 saturated heterocycles. The van der Waals surface area contributed by atoms with Crippen LogP contribution in [0.4, 0.5) is 0 Å². The summed E-state index contributed by atoms with van der Waals surface area (Å²) in [4.78, 5) is 5.14. The van der Waals surface area contributed by atoms with Crippen molar-refractivity contribution in [2.75, 3.05) is 0 Å². The Bertz CT molecular complexity index is 4060. The Hall–Kier alpha value is -8.27. The molecule has 1 aliphatic carbocycles. The predicted molar refractivity (Wildman–Crippen MR) is 273 cm³/mol. The maximum absolute atomic E-state index is 5.14. The van der Waals surface area contributed by atoms with Crippen molar-refractivity contribution in [1.82, 2.24) is 14.1 Å². The number of benzene rings is 11. The second-order valence-electron chi connectivity index (χ2n) is 18.3. The van der Waals surface area contributed by atoms with Gasteiger partial charge in [-0.25, -0.2) is 4.98 Å². The summed E-state index contributed by atoms with van der Waals surface area (Å²) in [7, 11) is 0. The van der Waals surface area contributed by atoms with Crippen molar-refractivity contribution in [1.29, 1.82) is 0 Å². The van der Waals surface area contributed by atoms with Crippen LogP contribution in [-0.4, -0.2) is 14.1 Å². The van der Waals surface area contributed by atoms with E-state index < -0.39 is 0 Å². The maximum Gasteiger partial charge on any atom is 0.145 e. The molecular weight excluding hydrogens is 787 g/mol. The third kappa shape index (κ3) is 5.15. The molecule has 0 atom stereocenters. The Morgan fingerprint density at radius 2 is 0.954 bits per heavy atom. The third-order valence-electron chi connectivity index (χ3n) is 14.5. The van der Waals surface area contributed by atoms with Gasteiger partial charge in [-0.2, -0.15) is 0 Å². The number of hydrogen-bond acceptors (Lipinski definition) is 1. The highest BCUT2D eigenvalue weighted by atomic mass is 15.1. The van der Waals surface area contributed by atoms with E-state index in [0.29, 0.717) is 0 Å². The summed E-state index contributed by atoms with van der Waals surface area (Å²) in [6.45, 7) is 4.82. The molecule has 1 aliphatic rings. The fourth-order valence-electron chi connectivity index (χ4n) is 11.4. The van der Waals surface area contributed by atoms with E-state index in [1.54, 1.807) is 0 Å². The molecule has 0 radical (unpaired) electrons. The van der Waals surface area contributed by atoms with E-state index in [2.05, 4.69) is 235 Å². The first-order valence-corrected chi connectivity index (χ1v) is 22.6. The summed E-state index contributed by atoms with van der Waals surface area (Å²) in [6.07, 6.45) is 0. The summed E-state index contributed by atoms with van der Waals surface area (Å²) in [5.41, 5.74) is 18.1. The first kappa shape index (κ1) is 36.2. The van der Waals surface area contributed by atoms with Crippen molar-refractivity contribution >= 4 is 65.2 Å². The molecule has 13 aromatic rings. The van der Waals surface area contributed by atoms with Gasteiger partial charge in [-0.3, -0.25) is 4.57 Å². The molecule has 0 saturated carbocycles. The van der Waals surface area contributed by atoms with Crippen molar-refractivity contribution in [3.8, 4) is 56.1 Å². The molecular formula is C62H41N3. The van der Waals surface area contributed by atoms with Crippen LogP contribution in [0.3, 0.4) is 0 Å². The summed E-state index contributed by atoms with van der Waals surface area (Å²) in [5.74, 6) is 0.941. The second kappa shape index (κ2) is 13.4. The van der Waals surface area contributed by atoms with E-state index in [1.165, 1.54) is 104 Å². The minimum atomic E-state index is -0.174. The van der Waals surface area contributed by atoms with E-state index in [-0.39, 0.29) is 5.41 Å². The number of rotatable bonds is 5. The zero-order chi connectivity index (χ0) is 43.0. The number of para-hydroxylation sites is 5. The topological polar surface area (TPSA) is 22.8 Å². The van der Waals surface area contributed by atoms with Crippen LogP contribution in [0.25, 0.3) is 121 Å². The van der Waals surface area contributed by atoms with Crippen LogP contribution in [0, 0.1) is 0 Å². The molecule has 304 valence electrons. The van der Waals surface area contributed by atoms with Gasteiger partial charge in [0.2, 0.25) is 0 Å². The standard InChI is InChI=1S/C62H41N3/c1-62(2)52-36-42(41-29-34-56-51(35-41)47-17-9-11-19-55(47)64(56)44-13-5-3-6-14-44)27-32-49(52)60-50-33-26-39-25-30-46(48-31-28-43(37-53(60)62)59(50)58(39)48)38-21-23-40(24-22-38)61-63-54-18-10-12-20-57(54)65(61)45-15-7-4-8-16-45/h3-37H,1-2H3. The first-order chi connectivity index (χ1) is 32.0. The lowest BCUT2D eigenvalue weighted by Gasteiger charge is -2.23. The zero-order valence-corrected chi connectivity index (χ0v) is 36.0. The molecule has 0 bridgehead atoms. The Balaban J connectivity index is 0.882. The molecule has 0 aliphatic heterocycles. The van der Waals surface area contributed by atoms with Crippen molar-refractivity contribution in [2.45, 2.75) is 19.3 Å². The summed E-state index contributed by atoms with van der Waals surface area (Å²) in [6, 6.07) is 78.2. The number of nitrogens with zero attached hydrogens (tertiary/aromatic N) is 3. The second-order valence-corrected chi connectivity index (χ2v) is 18.3. The number of imidazole rings is 1. The monoisotopic (exact) mass is 827 g/mol. The van der Waals surface area contributed by atoms with Crippen LogP contribution in [0.2, 0.25) is 0 Å². The Morgan fingerprint density at radius 1 is 0.369 bits per heavy atom. The van der Waals surface area contributed by atoms with E-state index in [0.717, 1.165) is 28.1 Å². The van der Waals surface area contributed by atoms with Crippen LogP contribution in [0.5, 0.6) is 0 Å². The highest BCUT2D eigenvalue weighted by Crippen LogP contribution is 2.55. The molecule has 0 unspecified atom stereocenters. The lowest BCUT2D eigenvalue weighted by molar-refractivity contribution is 0.661. The highest BCUT2D eigenvalue weighted by molar-refractivity contribution is 6.28. The van der Waals surface area contributed by atoms with Crippen molar-refractivity contribution in [3.63, 3.8) is 0 Å². The van der Waals surface area contributed by atoms with Crippen LogP contribution in [0.1, 0.15) is 25.0 Å². The third-order valence-corrected chi connectivity index (χ3v) is 14.5. The zero-order valence-electron chi connectivity index (χ0n) is 36.0. The van der Waals surface area contributed by atoms with Gasteiger partial charge in [-0.05, 0) is 144 Å². The largest absolute Gasteiger partial charge is 0.309 e. The molecule has 3 heteroatoms. The van der Waals surface area contributed by atoms with E-state index in [9.17, 15) is 0 Å². The average Bonchev–Trinajstić information content (AvgIpc) is 3.99. The van der Waals surface area contributed by atoms with Crippen LogP contribution < -0.4 is 0 Å². The van der Waals surface area contributed by atoms with Crippen molar-refractivity contribution < 1.29 is 0 Å². The van der Waals surface area contributed by atoms with Gasteiger partial charge in [0.15, 0.2) is 0 Å². The highest BCUT2D eigenvalue weighted by Gasteiger charge is 2.37. The summed E-state index contributed by atoms with van der Waals surface area (Å²) < 4.78 is 4.66. The van der Waals surface area contributed by atoms with Gasteiger partial charge in [0.1, 0.15) is 5.82 Å². The van der Waals surface area contributed by atoms with Crippen molar-refractivity contribution in [3.05, 3.63) is 223 Å². The Kier molecular flexibility index (Phi) is 7.45. The SMILES string of the molecule is CC1(C)c2cc(-c3ccc4c(c3)c3ccccc3n4-c3ccccc3)ccc2-c2c1cc1ccc3c(-c4ccc(-c5nc6ccccc6n5-c5ccccc5)cc4)ccc4ccc2c1c43. The van der Waals surface area contributed by atoms with Crippen molar-refractivity contribution in [2.24, 2.45) is 0 Å². The minimum absolute atomic E-state index is 0.174. The lowest BCUT2D eigenvalue weighted by Crippen LogP contribution is -2.15. The molecule has 0 amide bonds. The van der Waals surface area contributed by atoms with Crippen LogP contribution in [-0.2, 0) is 5.41 Å². The molecule has 2 aromatic heterocycles. The molecule has 14 rings (SSSR count). The van der Waals surface area contributed by atoms with Gasteiger partial charge < -0.3 is 4.57 Å². The van der Waals surface area contributed by atoms with Gasteiger partial charge in [0.05, 0.1) is 22.1 Å². The normalized spacial score (nSPS) is 13.2. The fraction of sp³-hybridized carbons (Fsp3) is 0.0484. The molecule has 0 N–H and O–H groups in total. The molecule has 0 spiro atoms. The van der Waals surface area contributed by atoms with Gasteiger partial charge in [-0.15, -0.1) is 0 Å². The quantitative estimate of drug-likeness (QED) is 0.159. The van der Waals surface area contributed by atoms with E-state index >= 15 is 0 Å². The van der Waals surface area contributed by atoms with E-state index in [1.807, 2.05) is 0 Å². The van der Waals surface area contributed by atoms with Gasteiger partial charge in [0, 0.05) is 33.1 Å². The molecule has 2 heterocycles. The molecule has 11 aromatic carbocycles. The predicted octanol–water partition coefficient (Wildman–Crippen LogP) is 16.3. The van der Waals surface area contributed by atoms with Crippen LogP contribution >= 0.6 is 0 Å².